The van der Waals surface area contributed by atoms with Crippen molar-refractivity contribution in [2.75, 3.05) is 12.8 Å². The molecule has 0 radical (unpaired) electrons. The van der Waals surface area contributed by atoms with Crippen LogP contribution in [0.15, 0.2) is 23.4 Å². The van der Waals surface area contributed by atoms with Crippen LogP contribution in [0.5, 0.6) is 0 Å². The van der Waals surface area contributed by atoms with Crippen LogP contribution in [0.25, 0.3) is 0 Å². The molecule has 0 spiro atoms. The van der Waals surface area contributed by atoms with E-state index in [0.29, 0.717) is 0 Å². The first-order valence-corrected chi connectivity index (χ1v) is 7.37. The zero-order valence-corrected chi connectivity index (χ0v) is 10.6. The maximum absolute atomic E-state index is 13.2. The van der Waals surface area contributed by atoms with Gasteiger partial charge in [0.15, 0.2) is 5.82 Å². The van der Waals surface area contributed by atoms with Crippen LogP contribution in [-0.2, 0) is 10.0 Å². The number of thioether (sulfide) groups is 1. The van der Waals surface area contributed by atoms with E-state index < -0.39 is 20.9 Å². The molecule has 0 aliphatic carbocycles. The van der Waals surface area contributed by atoms with E-state index in [1.807, 2.05) is 13.2 Å². The number of halogens is 1. The van der Waals surface area contributed by atoms with Crippen LogP contribution in [0.4, 0.5) is 4.39 Å². The second-order valence-electron chi connectivity index (χ2n) is 3.19. The smallest absolute Gasteiger partial charge is 0.241 e. The second kappa shape index (κ2) is 5.60. The van der Waals surface area contributed by atoms with Crippen LogP contribution >= 0.6 is 11.8 Å². The van der Waals surface area contributed by atoms with Gasteiger partial charge in [0.05, 0.1) is 0 Å². The predicted molar refractivity (Wildman–Crippen MR) is 62.4 cm³/mol. The maximum atomic E-state index is 13.2. The summed E-state index contributed by atoms with van der Waals surface area (Å²) in [6.45, 7) is 2.13. The lowest BCUT2D eigenvalue weighted by Gasteiger charge is -2.10. The van der Waals surface area contributed by atoms with Crippen LogP contribution in [0.2, 0.25) is 0 Å². The first-order valence-electron chi connectivity index (χ1n) is 4.60. The van der Waals surface area contributed by atoms with E-state index in [9.17, 15) is 12.8 Å². The zero-order chi connectivity index (χ0) is 12.2. The molecule has 16 heavy (non-hydrogen) atoms. The molecule has 0 saturated heterocycles. The quantitative estimate of drug-likeness (QED) is 0.869. The summed E-state index contributed by atoms with van der Waals surface area (Å²) in [6.07, 6.45) is 3.12. The number of pyridine rings is 1. The minimum absolute atomic E-state index is 0.126. The largest absolute Gasteiger partial charge is 0.261 e. The zero-order valence-electron chi connectivity index (χ0n) is 8.97. The fraction of sp³-hybridized carbons (Fsp3) is 0.444. The normalized spacial score (nSPS) is 13.7. The van der Waals surface area contributed by atoms with Gasteiger partial charge in [-0.2, -0.15) is 11.8 Å². The average Bonchev–Trinajstić information content (AvgIpc) is 2.26. The Labute approximate surface area is 98.7 Å². The van der Waals surface area contributed by atoms with Gasteiger partial charge in [0.1, 0.15) is 0 Å². The minimum atomic E-state index is -3.85. The molecule has 1 heterocycles. The van der Waals surface area contributed by atoms with Gasteiger partial charge in [-0.15, -0.1) is 0 Å². The SMILES string of the molecule is CSC(C)CNS(=O)(=O)c1ncccc1F. The molecular weight excluding hydrogens is 251 g/mol. The summed E-state index contributed by atoms with van der Waals surface area (Å²) < 4.78 is 38.8. The number of aromatic nitrogens is 1. The highest BCUT2D eigenvalue weighted by atomic mass is 32.2. The highest BCUT2D eigenvalue weighted by molar-refractivity contribution is 7.99. The molecule has 1 rings (SSSR count). The van der Waals surface area contributed by atoms with E-state index in [4.69, 9.17) is 0 Å². The number of nitrogens with zero attached hydrogens (tertiary/aromatic N) is 1. The van der Waals surface area contributed by atoms with Crippen molar-refractivity contribution in [1.29, 1.82) is 0 Å². The number of rotatable bonds is 5. The Kier molecular flexibility index (Phi) is 4.69. The summed E-state index contributed by atoms with van der Waals surface area (Å²) in [6, 6.07) is 2.42. The van der Waals surface area contributed by atoms with Crippen molar-refractivity contribution in [1.82, 2.24) is 9.71 Å². The monoisotopic (exact) mass is 264 g/mol. The summed E-state index contributed by atoms with van der Waals surface area (Å²) >= 11 is 1.52. The molecule has 0 amide bonds. The van der Waals surface area contributed by atoms with Gasteiger partial charge in [0.25, 0.3) is 10.0 Å². The van der Waals surface area contributed by atoms with Crippen molar-refractivity contribution in [3.63, 3.8) is 0 Å². The average molecular weight is 264 g/mol. The summed E-state index contributed by atoms with van der Waals surface area (Å²) in [5.74, 6) is -0.841. The molecule has 1 atom stereocenters. The number of hydrogen-bond acceptors (Lipinski definition) is 4. The summed E-state index contributed by atoms with van der Waals surface area (Å²) in [5, 5.41) is -0.426. The lowest BCUT2D eigenvalue weighted by Crippen LogP contribution is -2.30. The van der Waals surface area contributed by atoms with Gasteiger partial charge < -0.3 is 0 Å². The van der Waals surface area contributed by atoms with E-state index in [1.54, 1.807) is 0 Å². The summed E-state index contributed by atoms with van der Waals surface area (Å²) in [4.78, 5) is 3.52. The molecule has 0 aromatic carbocycles. The van der Waals surface area contributed by atoms with Gasteiger partial charge in [-0.25, -0.2) is 22.5 Å². The molecule has 1 unspecified atom stereocenters. The van der Waals surface area contributed by atoms with E-state index in [-0.39, 0.29) is 11.8 Å². The molecule has 1 N–H and O–H groups in total. The molecular formula is C9H13FN2O2S2. The van der Waals surface area contributed by atoms with Crippen molar-refractivity contribution in [2.24, 2.45) is 0 Å². The van der Waals surface area contributed by atoms with Crippen LogP contribution in [0, 0.1) is 5.82 Å². The second-order valence-corrected chi connectivity index (χ2v) is 6.15. The van der Waals surface area contributed by atoms with E-state index in [1.165, 1.54) is 24.0 Å². The molecule has 90 valence electrons. The molecule has 1 aromatic heterocycles. The Morgan fingerprint density at radius 2 is 2.31 bits per heavy atom. The van der Waals surface area contributed by atoms with Crippen LogP contribution in [0.1, 0.15) is 6.92 Å². The minimum Gasteiger partial charge on any atom is -0.241 e. The van der Waals surface area contributed by atoms with E-state index in [2.05, 4.69) is 9.71 Å². The fourth-order valence-corrected chi connectivity index (χ4v) is 2.43. The van der Waals surface area contributed by atoms with Gasteiger partial charge in [0, 0.05) is 18.0 Å². The lowest BCUT2D eigenvalue weighted by molar-refractivity contribution is 0.544. The molecule has 0 aliphatic rings. The topological polar surface area (TPSA) is 59.1 Å². The highest BCUT2D eigenvalue weighted by Crippen LogP contribution is 2.10. The number of sulfonamides is 1. The fourth-order valence-electron chi connectivity index (χ4n) is 0.948. The molecule has 0 saturated carbocycles. The number of hydrogen-bond donors (Lipinski definition) is 1. The molecule has 1 aromatic rings. The third kappa shape index (κ3) is 3.43. The van der Waals surface area contributed by atoms with Crippen molar-refractivity contribution in [2.45, 2.75) is 17.2 Å². The van der Waals surface area contributed by atoms with Crippen LogP contribution < -0.4 is 4.72 Å². The lowest BCUT2D eigenvalue weighted by atomic mass is 10.5. The van der Waals surface area contributed by atoms with Gasteiger partial charge in [0.2, 0.25) is 5.03 Å². The third-order valence-electron chi connectivity index (χ3n) is 1.94. The van der Waals surface area contributed by atoms with E-state index in [0.717, 1.165) is 6.07 Å². The maximum Gasteiger partial charge on any atom is 0.261 e. The first kappa shape index (κ1) is 13.4. The third-order valence-corrected chi connectivity index (χ3v) is 4.27. The van der Waals surface area contributed by atoms with Crippen LogP contribution in [-0.4, -0.2) is 31.5 Å². The summed E-state index contributed by atoms with van der Waals surface area (Å²) in [5.41, 5.74) is 0. The highest BCUT2D eigenvalue weighted by Gasteiger charge is 2.20. The molecule has 0 bridgehead atoms. The van der Waals surface area contributed by atoms with Gasteiger partial charge in [-0.3, -0.25) is 0 Å². The standard InChI is InChI=1S/C9H13FN2O2S2/c1-7(15-2)6-12-16(13,14)9-8(10)4-3-5-11-9/h3-5,7,12H,6H2,1-2H3. The van der Waals surface area contributed by atoms with Crippen molar-refractivity contribution < 1.29 is 12.8 Å². The van der Waals surface area contributed by atoms with Crippen molar-refractivity contribution in [3.05, 3.63) is 24.1 Å². The number of nitrogens with one attached hydrogen (secondary N) is 1. The Bertz CT molecular complexity index is 451. The van der Waals surface area contributed by atoms with Crippen molar-refractivity contribution >= 4 is 21.8 Å². The van der Waals surface area contributed by atoms with Gasteiger partial charge in [-0.05, 0) is 18.4 Å². The predicted octanol–water partition coefficient (Wildman–Crippen LogP) is 1.25. The summed E-state index contributed by atoms with van der Waals surface area (Å²) in [7, 11) is -3.85. The molecule has 0 fully saturated rings. The van der Waals surface area contributed by atoms with Gasteiger partial charge in [-0.1, -0.05) is 6.92 Å². The molecule has 4 nitrogen and oxygen atoms in total. The van der Waals surface area contributed by atoms with Crippen LogP contribution in [0.3, 0.4) is 0 Å². The van der Waals surface area contributed by atoms with E-state index >= 15 is 0 Å². The van der Waals surface area contributed by atoms with Crippen molar-refractivity contribution in [3.8, 4) is 0 Å². The first-order chi connectivity index (χ1) is 7.47. The Morgan fingerprint density at radius 3 is 2.88 bits per heavy atom. The van der Waals surface area contributed by atoms with Gasteiger partial charge >= 0.3 is 0 Å². The Hall–Kier alpha value is -0.660. The Morgan fingerprint density at radius 1 is 1.62 bits per heavy atom. The molecule has 7 heteroatoms. The molecule has 0 aliphatic heterocycles. The Balaban J connectivity index is 2.83.